The van der Waals surface area contributed by atoms with Crippen LogP contribution in [0.3, 0.4) is 0 Å². The van der Waals surface area contributed by atoms with Crippen molar-refractivity contribution < 1.29 is 9.59 Å². The number of rotatable bonds is 3. The van der Waals surface area contributed by atoms with Crippen LogP contribution in [0.4, 0.5) is 0 Å². The first kappa shape index (κ1) is 14.8. The standard InChI is InChI=1S/C8H9NO.C8H8O/c9-6-8(10)7-4-2-1-3-5-7;1-7(9)8-5-3-2-4-6-8/h1-5H,6,9H2;2-6H,1H3. The van der Waals surface area contributed by atoms with E-state index in [0.29, 0.717) is 5.56 Å². The first-order chi connectivity index (χ1) is 9.15. The van der Waals surface area contributed by atoms with Gasteiger partial charge in [0.25, 0.3) is 0 Å². The van der Waals surface area contributed by atoms with Gasteiger partial charge < -0.3 is 5.73 Å². The maximum Gasteiger partial charge on any atom is 0.176 e. The molecule has 0 heterocycles. The normalized spacial score (nSPS) is 9.16. The molecule has 0 fully saturated rings. The summed E-state index contributed by atoms with van der Waals surface area (Å²) in [6, 6.07) is 18.3. The van der Waals surface area contributed by atoms with Gasteiger partial charge in [0, 0.05) is 11.1 Å². The molecule has 0 radical (unpaired) electrons. The number of benzene rings is 2. The van der Waals surface area contributed by atoms with Gasteiger partial charge in [-0.15, -0.1) is 0 Å². The molecule has 0 unspecified atom stereocenters. The molecule has 0 bridgehead atoms. The monoisotopic (exact) mass is 255 g/mol. The van der Waals surface area contributed by atoms with Crippen molar-refractivity contribution in [2.45, 2.75) is 6.92 Å². The Morgan fingerprint density at radius 2 is 1.26 bits per heavy atom. The quantitative estimate of drug-likeness (QED) is 0.858. The molecule has 0 aliphatic rings. The van der Waals surface area contributed by atoms with Gasteiger partial charge >= 0.3 is 0 Å². The molecule has 3 nitrogen and oxygen atoms in total. The van der Waals surface area contributed by atoms with Gasteiger partial charge in [-0.3, -0.25) is 9.59 Å². The number of carbonyl (C=O) groups is 2. The number of Topliss-reactive ketones (excluding diaryl/α,β-unsaturated/α-hetero) is 2. The lowest BCUT2D eigenvalue weighted by Crippen LogP contribution is -2.12. The third-order valence-corrected chi connectivity index (χ3v) is 2.46. The van der Waals surface area contributed by atoms with Crippen LogP contribution in [-0.2, 0) is 0 Å². The Kier molecular flexibility index (Phi) is 6.19. The van der Waals surface area contributed by atoms with Crippen LogP contribution in [-0.4, -0.2) is 18.1 Å². The van der Waals surface area contributed by atoms with Gasteiger partial charge in [0.1, 0.15) is 0 Å². The van der Waals surface area contributed by atoms with Gasteiger partial charge in [-0.2, -0.15) is 0 Å². The molecule has 0 atom stereocenters. The van der Waals surface area contributed by atoms with E-state index in [1.54, 1.807) is 19.1 Å². The highest BCUT2D eigenvalue weighted by atomic mass is 16.1. The zero-order valence-electron chi connectivity index (χ0n) is 10.9. The van der Waals surface area contributed by atoms with E-state index in [1.165, 1.54) is 0 Å². The molecule has 3 heteroatoms. The van der Waals surface area contributed by atoms with Gasteiger partial charge in [0.15, 0.2) is 11.6 Å². The second-order valence-corrected chi connectivity index (χ2v) is 3.92. The van der Waals surface area contributed by atoms with Crippen LogP contribution < -0.4 is 5.73 Å². The summed E-state index contributed by atoms with van der Waals surface area (Å²) >= 11 is 0. The summed E-state index contributed by atoms with van der Waals surface area (Å²) in [7, 11) is 0. The highest BCUT2D eigenvalue weighted by Crippen LogP contribution is 1.98. The van der Waals surface area contributed by atoms with E-state index in [-0.39, 0.29) is 18.1 Å². The Morgan fingerprint density at radius 3 is 1.58 bits per heavy atom. The van der Waals surface area contributed by atoms with E-state index < -0.39 is 0 Å². The summed E-state index contributed by atoms with van der Waals surface area (Å²) in [6.07, 6.45) is 0. The molecule has 2 aromatic carbocycles. The minimum atomic E-state index is -0.0133. The highest BCUT2D eigenvalue weighted by molar-refractivity contribution is 5.97. The van der Waals surface area contributed by atoms with Crippen LogP contribution in [0.5, 0.6) is 0 Å². The molecule has 0 spiro atoms. The fourth-order valence-electron chi connectivity index (χ4n) is 1.41. The van der Waals surface area contributed by atoms with Crippen molar-refractivity contribution in [2.24, 2.45) is 5.73 Å². The van der Waals surface area contributed by atoms with E-state index in [1.807, 2.05) is 48.5 Å². The molecule has 2 N–H and O–H groups in total. The van der Waals surface area contributed by atoms with Crippen LogP contribution >= 0.6 is 0 Å². The topological polar surface area (TPSA) is 60.2 Å². The fourth-order valence-corrected chi connectivity index (χ4v) is 1.41. The molecular formula is C16H17NO2. The molecule has 2 aromatic rings. The number of carbonyl (C=O) groups excluding carboxylic acids is 2. The van der Waals surface area contributed by atoms with Crippen LogP contribution in [0.1, 0.15) is 27.6 Å². The predicted molar refractivity (Wildman–Crippen MR) is 76.3 cm³/mol. The minimum absolute atomic E-state index is 0.0133. The summed E-state index contributed by atoms with van der Waals surface area (Å²) in [5.74, 6) is 0.108. The second-order valence-electron chi connectivity index (χ2n) is 3.92. The lowest BCUT2D eigenvalue weighted by atomic mass is 10.1. The molecule has 19 heavy (non-hydrogen) atoms. The lowest BCUT2D eigenvalue weighted by molar-refractivity contribution is 0.0997. The SMILES string of the molecule is CC(=O)c1ccccc1.NCC(=O)c1ccccc1. The summed E-state index contributed by atoms with van der Waals surface area (Å²) in [5.41, 5.74) is 6.62. The summed E-state index contributed by atoms with van der Waals surface area (Å²) in [5, 5.41) is 0. The first-order valence-corrected chi connectivity index (χ1v) is 5.99. The summed E-state index contributed by atoms with van der Waals surface area (Å²) < 4.78 is 0. The van der Waals surface area contributed by atoms with Crippen molar-refractivity contribution in [1.82, 2.24) is 0 Å². The fraction of sp³-hybridized carbons (Fsp3) is 0.125. The van der Waals surface area contributed by atoms with Crippen LogP contribution in [0, 0.1) is 0 Å². The Morgan fingerprint density at radius 1 is 0.842 bits per heavy atom. The van der Waals surface area contributed by atoms with Crippen molar-refractivity contribution in [2.75, 3.05) is 6.54 Å². The zero-order chi connectivity index (χ0) is 14.1. The van der Waals surface area contributed by atoms with E-state index in [4.69, 9.17) is 5.73 Å². The highest BCUT2D eigenvalue weighted by Gasteiger charge is 1.98. The van der Waals surface area contributed by atoms with E-state index in [0.717, 1.165) is 5.56 Å². The van der Waals surface area contributed by atoms with Gasteiger partial charge in [-0.25, -0.2) is 0 Å². The average molecular weight is 255 g/mol. The minimum Gasteiger partial charge on any atom is -0.324 e. The molecule has 0 saturated carbocycles. The lowest BCUT2D eigenvalue weighted by Gasteiger charge is -1.93. The number of hydrogen-bond donors (Lipinski definition) is 1. The maximum atomic E-state index is 10.9. The third-order valence-electron chi connectivity index (χ3n) is 2.46. The summed E-state index contributed by atoms with van der Waals surface area (Å²) in [4.78, 5) is 21.5. The third kappa shape index (κ3) is 5.27. The zero-order valence-corrected chi connectivity index (χ0v) is 10.9. The molecule has 0 aromatic heterocycles. The number of hydrogen-bond acceptors (Lipinski definition) is 3. The van der Waals surface area contributed by atoms with Crippen molar-refractivity contribution in [3.8, 4) is 0 Å². The van der Waals surface area contributed by atoms with Crippen LogP contribution in [0.2, 0.25) is 0 Å². The molecular weight excluding hydrogens is 238 g/mol. The molecule has 2 rings (SSSR count). The van der Waals surface area contributed by atoms with E-state index >= 15 is 0 Å². The van der Waals surface area contributed by atoms with E-state index in [2.05, 4.69) is 0 Å². The number of ketones is 2. The predicted octanol–water partition coefficient (Wildman–Crippen LogP) is 2.72. The van der Waals surface area contributed by atoms with E-state index in [9.17, 15) is 9.59 Å². The van der Waals surface area contributed by atoms with Crippen LogP contribution in [0.15, 0.2) is 60.7 Å². The second kappa shape index (κ2) is 7.95. The number of nitrogens with two attached hydrogens (primary N) is 1. The first-order valence-electron chi connectivity index (χ1n) is 5.99. The van der Waals surface area contributed by atoms with Gasteiger partial charge in [0.2, 0.25) is 0 Å². The molecule has 98 valence electrons. The Balaban J connectivity index is 0.000000191. The van der Waals surface area contributed by atoms with Gasteiger partial charge in [-0.05, 0) is 6.92 Å². The molecule has 0 saturated heterocycles. The van der Waals surface area contributed by atoms with Crippen molar-refractivity contribution in [3.05, 3.63) is 71.8 Å². The van der Waals surface area contributed by atoms with Crippen LogP contribution in [0.25, 0.3) is 0 Å². The molecule has 0 aliphatic heterocycles. The molecule has 0 amide bonds. The summed E-state index contributed by atoms with van der Waals surface area (Å²) in [6.45, 7) is 1.65. The molecule has 0 aliphatic carbocycles. The Labute approximate surface area is 113 Å². The largest absolute Gasteiger partial charge is 0.324 e. The van der Waals surface area contributed by atoms with Crippen molar-refractivity contribution >= 4 is 11.6 Å². The Bertz CT molecular complexity index is 521. The smallest absolute Gasteiger partial charge is 0.176 e. The van der Waals surface area contributed by atoms with Crippen molar-refractivity contribution in [3.63, 3.8) is 0 Å². The Hall–Kier alpha value is -2.26. The van der Waals surface area contributed by atoms with Gasteiger partial charge in [0.05, 0.1) is 6.54 Å². The average Bonchev–Trinajstić information content (AvgIpc) is 2.49. The van der Waals surface area contributed by atoms with Gasteiger partial charge in [-0.1, -0.05) is 60.7 Å². The maximum absolute atomic E-state index is 10.9. The van der Waals surface area contributed by atoms with Crippen molar-refractivity contribution in [1.29, 1.82) is 0 Å².